The predicted octanol–water partition coefficient (Wildman–Crippen LogP) is 1.34. The number of ether oxygens (including phenoxy) is 1. The van der Waals surface area contributed by atoms with Gasteiger partial charge >= 0.3 is 0 Å². The van der Waals surface area contributed by atoms with Crippen LogP contribution in [0.5, 0.6) is 0 Å². The first-order valence-corrected chi connectivity index (χ1v) is 6.28. The van der Waals surface area contributed by atoms with E-state index in [9.17, 15) is 0 Å². The van der Waals surface area contributed by atoms with E-state index >= 15 is 0 Å². The molecule has 1 fully saturated rings. The standard InChI is InChI=1S/C12H26N2O/c1-4-13-10-11(2)12(3)14-6-5-8-15-9-7-14/h11-13H,4-10H2,1-3H3. The SMILES string of the molecule is CCNCC(C)C(C)N1CCCOCC1. The second-order valence-corrected chi connectivity index (χ2v) is 4.53. The Morgan fingerprint density at radius 2 is 2.07 bits per heavy atom. The van der Waals surface area contributed by atoms with E-state index in [0.29, 0.717) is 12.0 Å². The third-order valence-corrected chi connectivity index (χ3v) is 3.37. The van der Waals surface area contributed by atoms with Crippen molar-refractivity contribution >= 4 is 0 Å². The summed E-state index contributed by atoms with van der Waals surface area (Å²) >= 11 is 0. The van der Waals surface area contributed by atoms with E-state index in [4.69, 9.17) is 4.74 Å². The molecule has 0 radical (unpaired) electrons. The zero-order valence-corrected chi connectivity index (χ0v) is 10.5. The minimum absolute atomic E-state index is 0.658. The van der Waals surface area contributed by atoms with Crippen molar-refractivity contribution in [1.29, 1.82) is 0 Å². The van der Waals surface area contributed by atoms with Gasteiger partial charge in [-0.2, -0.15) is 0 Å². The molecule has 0 saturated carbocycles. The molecule has 3 nitrogen and oxygen atoms in total. The fourth-order valence-corrected chi connectivity index (χ4v) is 2.08. The van der Waals surface area contributed by atoms with E-state index in [1.807, 2.05) is 0 Å². The Morgan fingerprint density at radius 1 is 1.27 bits per heavy atom. The summed E-state index contributed by atoms with van der Waals surface area (Å²) in [4.78, 5) is 2.56. The molecule has 2 atom stereocenters. The molecular weight excluding hydrogens is 188 g/mol. The Labute approximate surface area is 94.2 Å². The summed E-state index contributed by atoms with van der Waals surface area (Å²) in [5, 5.41) is 3.43. The molecule has 1 aliphatic rings. The van der Waals surface area contributed by atoms with Gasteiger partial charge in [0.05, 0.1) is 6.61 Å². The highest BCUT2D eigenvalue weighted by Gasteiger charge is 2.20. The van der Waals surface area contributed by atoms with Crippen molar-refractivity contribution in [3.8, 4) is 0 Å². The van der Waals surface area contributed by atoms with E-state index in [2.05, 4.69) is 31.0 Å². The smallest absolute Gasteiger partial charge is 0.0593 e. The van der Waals surface area contributed by atoms with Crippen LogP contribution in [0, 0.1) is 5.92 Å². The van der Waals surface area contributed by atoms with Gasteiger partial charge < -0.3 is 10.1 Å². The Kier molecular flexibility index (Phi) is 6.22. The molecule has 2 unspecified atom stereocenters. The molecule has 0 aromatic rings. The zero-order valence-electron chi connectivity index (χ0n) is 10.5. The molecular formula is C12H26N2O. The van der Waals surface area contributed by atoms with Gasteiger partial charge in [-0.05, 0) is 32.4 Å². The molecule has 1 heterocycles. The summed E-state index contributed by atoms with van der Waals surface area (Å²) < 4.78 is 5.48. The summed E-state index contributed by atoms with van der Waals surface area (Å²) in [6, 6.07) is 0.658. The van der Waals surface area contributed by atoms with E-state index in [0.717, 1.165) is 32.8 Å². The number of hydrogen-bond acceptors (Lipinski definition) is 3. The van der Waals surface area contributed by atoms with Crippen LogP contribution in [0.3, 0.4) is 0 Å². The normalized spacial score (nSPS) is 23.4. The Hall–Kier alpha value is -0.120. The topological polar surface area (TPSA) is 24.5 Å². The second-order valence-electron chi connectivity index (χ2n) is 4.53. The van der Waals surface area contributed by atoms with Gasteiger partial charge in [-0.1, -0.05) is 13.8 Å². The molecule has 0 amide bonds. The van der Waals surface area contributed by atoms with Crippen LogP contribution >= 0.6 is 0 Å². The number of nitrogens with one attached hydrogen (secondary N) is 1. The van der Waals surface area contributed by atoms with Gasteiger partial charge in [0, 0.05) is 25.7 Å². The number of nitrogens with zero attached hydrogens (tertiary/aromatic N) is 1. The monoisotopic (exact) mass is 214 g/mol. The van der Waals surface area contributed by atoms with Crippen molar-refractivity contribution in [3.05, 3.63) is 0 Å². The van der Waals surface area contributed by atoms with Crippen molar-refractivity contribution in [2.24, 2.45) is 5.92 Å². The first-order chi connectivity index (χ1) is 7.25. The van der Waals surface area contributed by atoms with Crippen LogP contribution in [-0.2, 0) is 4.74 Å². The van der Waals surface area contributed by atoms with Gasteiger partial charge in [-0.3, -0.25) is 4.90 Å². The maximum atomic E-state index is 5.48. The highest BCUT2D eigenvalue weighted by Crippen LogP contribution is 2.12. The summed E-state index contributed by atoms with van der Waals surface area (Å²) in [6.07, 6.45) is 1.18. The lowest BCUT2D eigenvalue weighted by Crippen LogP contribution is -2.42. The molecule has 1 saturated heterocycles. The molecule has 3 heteroatoms. The van der Waals surface area contributed by atoms with Crippen molar-refractivity contribution in [2.75, 3.05) is 39.4 Å². The summed E-state index contributed by atoms with van der Waals surface area (Å²) in [5.74, 6) is 0.711. The van der Waals surface area contributed by atoms with E-state index in [1.54, 1.807) is 0 Å². The van der Waals surface area contributed by atoms with Gasteiger partial charge in [-0.15, -0.1) is 0 Å². The van der Waals surface area contributed by atoms with Crippen LogP contribution in [0.25, 0.3) is 0 Å². The van der Waals surface area contributed by atoms with E-state index in [-0.39, 0.29) is 0 Å². The fraction of sp³-hybridized carbons (Fsp3) is 1.00. The average molecular weight is 214 g/mol. The zero-order chi connectivity index (χ0) is 11.1. The maximum absolute atomic E-state index is 5.48. The fourth-order valence-electron chi connectivity index (χ4n) is 2.08. The van der Waals surface area contributed by atoms with Gasteiger partial charge in [-0.25, -0.2) is 0 Å². The van der Waals surface area contributed by atoms with Crippen molar-refractivity contribution in [2.45, 2.75) is 33.2 Å². The lowest BCUT2D eigenvalue weighted by molar-refractivity contribution is 0.122. The van der Waals surface area contributed by atoms with E-state index in [1.165, 1.54) is 13.0 Å². The molecule has 1 aliphatic heterocycles. The van der Waals surface area contributed by atoms with Crippen LogP contribution in [0.1, 0.15) is 27.2 Å². The molecule has 1 rings (SSSR count). The lowest BCUT2D eigenvalue weighted by atomic mass is 10.0. The Morgan fingerprint density at radius 3 is 2.80 bits per heavy atom. The molecule has 0 bridgehead atoms. The predicted molar refractivity (Wildman–Crippen MR) is 64.2 cm³/mol. The minimum atomic E-state index is 0.658. The van der Waals surface area contributed by atoms with Crippen LogP contribution in [-0.4, -0.2) is 50.3 Å². The van der Waals surface area contributed by atoms with Crippen LogP contribution in [0.15, 0.2) is 0 Å². The van der Waals surface area contributed by atoms with Crippen molar-refractivity contribution in [1.82, 2.24) is 10.2 Å². The summed E-state index contributed by atoms with van der Waals surface area (Å²) in [5.41, 5.74) is 0. The Bertz CT molecular complexity index is 156. The van der Waals surface area contributed by atoms with E-state index < -0.39 is 0 Å². The summed E-state index contributed by atoms with van der Waals surface area (Å²) in [6.45, 7) is 13.1. The third-order valence-electron chi connectivity index (χ3n) is 3.37. The third kappa shape index (κ3) is 4.49. The molecule has 0 aromatic carbocycles. The van der Waals surface area contributed by atoms with Gasteiger partial charge in [0.25, 0.3) is 0 Å². The lowest BCUT2D eigenvalue weighted by Gasteiger charge is -2.31. The highest BCUT2D eigenvalue weighted by molar-refractivity contribution is 4.75. The molecule has 0 aromatic heterocycles. The molecule has 15 heavy (non-hydrogen) atoms. The van der Waals surface area contributed by atoms with Crippen LogP contribution in [0.2, 0.25) is 0 Å². The van der Waals surface area contributed by atoms with Gasteiger partial charge in [0.1, 0.15) is 0 Å². The number of hydrogen-bond donors (Lipinski definition) is 1. The molecule has 90 valence electrons. The first kappa shape index (κ1) is 12.9. The van der Waals surface area contributed by atoms with Crippen molar-refractivity contribution < 1.29 is 4.74 Å². The average Bonchev–Trinajstić information content (AvgIpc) is 2.53. The first-order valence-electron chi connectivity index (χ1n) is 6.28. The van der Waals surface area contributed by atoms with Gasteiger partial charge in [0.2, 0.25) is 0 Å². The quantitative estimate of drug-likeness (QED) is 0.747. The molecule has 0 spiro atoms. The number of rotatable bonds is 5. The van der Waals surface area contributed by atoms with Gasteiger partial charge in [0.15, 0.2) is 0 Å². The van der Waals surface area contributed by atoms with Crippen LogP contribution < -0.4 is 5.32 Å². The summed E-state index contributed by atoms with van der Waals surface area (Å²) in [7, 11) is 0. The minimum Gasteiger partial charge on any atom is -0.380 e. The molecule has 0 aliphatic carbocycles. The van der Waals surface area contributed by atoms with Crippen molar-refractivity contribution in [3.63, 3.8) is 0 Å². The largest absolute Gasteiger partial charge is 0.380 e. The maximum Gasteiger partial charge on any atom is 0.0593 e. The van der Waals surface area contributed by atoms with Crippen LogP contribution in [0.4, 0.5) is 0 Å². The molecule has 1 N–H and O–H groups in total. The second kappa shape index (κ2) is 7.20. The highest BCUT2D eigenvalue weighted by atomic mass is 16.5. The Balaban J connectivity index is 2.32.